The second-order valence-corrected chi connectivity index (χ2v) is 8.57. The molecular formula is C26H20F3N4O3+. The number of amides is 3. The number of urea groups is 1. The van der Waals surface area contributed by atoms with E-state index < -0.39 is 23.7 Å². The molecule has 0 saturated carbocycles. The first-order valence-electron chi connectivity index (χ1n) is 11.1. The lowest BCUT2D eigenvalue weighted by atomic mass is 9.94. The summed E-state index contributed by atoms with van der Waals surface area (Å²) >= 11 is 0. The molecule has 0 spiro atoms. The van der Waals surface area contributed by atoms with Crippen molar-refractivity contribution in [3.05, 3.63) is 89.3 Å². The van der Waals surface area contributed by atoms with Crippen molar-refractivity contribution in [2.45, 2.75) is 26.6 Å². The molecule has 1 atom stereocenters. The van der Waals surface area contributed by atoms with Crippen molar-refractivity contribution in [2.75, 3.05) is 4.90 Å². The van der Waals surface area contributed by atoms with E-state index >= 15 is 0 Å². The Morgan fingerprint density at radius 1 is 1.06 bits per heavy atom. The summed E-state index contributed by atoms with van der Waals surface area (Å²) in [5, 5.41) is 3.86. The lowest BCUT2D eigenvalue weighted by Gasteiger charge is -2.26. The summed E-state index contributed by atoms with van der Waals surface area (Å²) < 4.78 is 45.3. The molecule has 1 aliphatic carbocycles. The van der Waals surface area contributed by atoms with Crippen LogP contribution in [0.2, 0.25) is 0 Å². The number of allylic oxidation sites excluding steroid dienone is 3. The van der Waals surface area contributed by atoms with E-state index in [9.17, 15) is 22.8 Å². The van der Waals surface area contributed by atoms with Gasteiger partial charge in [-0.1, -0.05) is 47.7 Å². The van der Waals surface area contributed by atoms with Crippen LogP contribution in [0.4, 0.5) is 23.7 Å². The summed E-state index contributed by atoms with van der Waals surface area (Å²) in [7, 11) is 0. The largest absolute Gasteiger partial charge is 0.506 e. The molecular weight excluding hydrogens is 473 g/mol. The zero-order chi connectivity index (χ0) is 25.6. The highest BCUT2D eigenvalue weighted by atomic mass is 19.4. The zero-order valence-electron chi connectivity index (χ0n) is 19.3. The molecule has 3 amide bonds. The maximum atomic E-state index is 13.6. The average molecular weight is 493 g/mol. The summed E-state index contributed by atoms with van der Waals surface area (Å²) in [6, 6.07) is 9.35. The van der Waals surface area contributed by atoms with Gasteiger partial charge in [0.05, 0.1) is 5.56 Å². The van der Waals surface area contributed by atoms with E-state index in [1.54, 1.807) is 30.4 Å². The van der Waals surface area contributed by atoms with Gasteiger partial charge in [-0.25, -0.2) is 4.79 Å². The number of carbonyl (C=O) groups excluding carboxylic acids is 2. The second-order valence-electron chi connectivity index (χ2n) is 8.57. The molecule has 0 radical (unpaired) electrons. The number of hydrogen-bond donors (Lipinski definition) is 0. The number of nitrogens with zero attached hydrogens (tertiary/aromatic N) is 4. The minimum atomic E-state index is -4.45. The average Bonchev–Trinajstić information content (AvgIpc) is 3.32. The molecule has 0 bridgehead atoms. The van der Waals surface area contributed by atoms with Crippen molar-refractivity contribution >= 4 is 23.3 Å². The Kier molecular flexibility index (Phi) is 5.66. The van der Waals surface area contributed by atoms with Crippen molar-refractivity contribution in [2.24, 2.45) is 5.92 Å². The number of rotatable bonds is 4. The van der Waals surface area contributed by atoms with Gasteiger partial charge in [-0.2, -0.15) is 27.5 Å². The van der Waals surface area contributed by atoms with Crippen LogP contribution in [0.25, 0.3) is 11.4 Å². The summed E-state index contributed by atoms with van der Waals surface area (Å²) in [5.41, 5.74) is 2.18. The van der Waals surface area contributed by atoms with E-state index in [-0.39, 0.29) is 24.2 Å². The third-order valence-corrected chi connectivity index (χ3v) is 6.06. The number of hydrogen-bond acceptors (Lipinski definition) is 5. The standard InChI is InChI=1S/C26H20F3N4O3/c1-15-7-8-16(2)21(13-15)33-24(34)19-5-3-4-6-20(19)32(25(33)35)14-22-30-23(31-36-22)17-9-11-18(12-10-17)26(27,28)29/h3-13,19H,14H2,1-2H3/q+1. The number of fused-ring (bicyclic) bond motifs is 1. The first-order chi connectivity index (χ1) is 17.1. The van der Waals surface area contributed by atoms with Gasteiger partial charge in [0.25, 0.3) is 5.89 Å². The van der Waals surface area contributed by atoms with Crippen LogP contribution in [0.15, 0.2) is 71.3 Å². The van der Waals surface area contributed by atoms with Crippen molar-refractivity contribution in [1.82, 2.24) is 10.1 Å². The van der Waals surface area contributed by atoms with E-state index in [0.29, 0.717) is 17.0 Å². The first kappa shape index (κ1) is 23.4. The Bertz CT molecular complexity index is 1470. The Morgan fingerprint density at radius 2 is 1.81 bits per heavy atom. The van der Waals surface area contributed by atoms with Gasteiger partial charge in [-0.15, -0.1) is 4.90 Å². The number of aryl methyl sites for hydroxylation is 2. The molecule has 1 aromatic heterocycles. The van der Waals surface area contributed by atoms with E-state index in [1.165, 1.54) is 16.7 Å². The predicted octanol–water partition coefficient (Wildman–Crippen LogP) is 5.23. The lowest BCUT2D eigenvalue weighted by Crippen LogP contribution is -2.54. The van der Waals surface area contributed by atoms with E-state index in [2.05, 4.69) is 10.1 Å². The minimum absolute atomic E-state index is 0.0720. The molecule has 5 rings (SSSR count). The topological polar surface area (TPSA) is 79.3 Å². The minimum Gasteiger partial charge on any atom is -0.335 e. The summed E-state index contributed by atoms with van der Waals surface area (Å²) in [6.07, 6.45) is 2.43. The zero-order valence-corrected chi connectivity index (χ0v) is 19.3. The molecule has 0 fully saturated rings. The van der Waals surface area contributed by atoms with Crippen molar-refractivity contribution < 1.29 is 31.9 Å². The molecule has 36 heavy (non-hydrogen) atoms. The van der Waals surface area contributed by atoms with E-state index in [0.717, 1.165) is 28.2 Å². The van der Waals surface area contributed by atoms with Crippen molar-refractivity contribution in [1.29, 1.82) is 0 Å². The Labute approximate surface area is 203 Å². The Balaban J connectivity index is 1.49. The molecule has 2 aliphatic rings. The molecule has 2 heterocycles. The summed E-state index contributed by atoms with van der Waals surface area (Å²) in [4.78, 5) is 32.4. The van der Waals surface area contributed by atoms with Gasteiger partial charge in [0.15, 0.2) is 6.54 Å². The lowest BCUT2D eigenvalue weighted by molar-refractivity contribution is -0.449. The summed E-state index contributed by atoms with van der Waals surface area (Å²) in [5.74, 6) is -0.879. The van der Waals surface area contributed by atoms with Crippen LogP contribution in [0.3, 0.4) is 0 Å². The van der Waals surface area contributed by atoms with Crippen molar-refractivity contribution in [3.8, 4) is 11.4 Å². The fourth-order valence-electron chi connectivity index (χ4n) is 4.18. The van der Waals surface area contributed by atoms with Gasteiger partial charge in [0.2, 0.25) is 5.82 Å². The van der Waals surface area contributed by atoms with Crippen LogP contribution in [0, 0.1) is 19.8 Å². The maximum Gasteiger partial charge on any atom is 0.506 e. The van der Waals surface area contributed by atoms with Crippen LogP contribution >= 0.6 is 0 Å². The summed E-state index contributed by atoms with van der Waals surface area (Å²) in [6.45, 7) is 3.58. The molecule has 3 aromatic rings. The maximum absolute atomic E-state index is 13.6. The number of aromatic nitrogens is 2. The fourth-order valence-corrected chi connectivity index (χ4v) is 4.18. The smallest absolute Gasteiger partial charge is 0.335 e. The Hall–Kier alpha value is -4.34. The third kappa shape index (κ3) is 4.15. The predicted molar refractivity (Wildman–Crippen MR) is 124 cm³/mol. The monoisotopic (exact) mass is 493 g/mol. The number of anilines is 1. The van der Waals surface area contributed by atoms with Crippen LogP contribution in [-0.4, -0.2) is 32.4 Å². The molecule has 7 nitrogen and oxygen atoms in total. The number of benzene rings is 2. The number of imide groups is 1. The highest BCUT2D eigenvalue weighted by Gasteiger charge is 2.48. The molecule has 2 aromatic carbocycles. The second kappa shape index (κ2) is 8.71. The molecule has 0 N–H and O–H groups in total. The quantitative estimate of drug-likeness (QED) is 0.465. The highest BCUT2D eigenvalue weighted by molar-refractivity contribution is 6.26. The number of carbonyl (C=O) groups is 2. The van der Waals surface area contributed by atoms with Gasteiger partial charge in [0.1, 0.15) is 17.3 Å². The SMILES string of the molecule is Cc1ccc(C)c(N2C(=O)C3C=CC=CC3=[N+](Cc3nc(-c4ccc(C(F)(F)F)cc4)no3)C2=O)c1. The highest BCUT2D eigenvalue weighted by Crippen LogP contribution is 2.31. The fraction of sp³-hybridized carbons (Fsp3) is 0.192. The molecule has 1 unspecified atom stereocenters. The molecule has 1 aliphatic heterocycles. The molecule has 182 valence electrons. The van der Waals surface area contributed by atoms with Crippen LogP contribution in [0.1, 0.15) is 22.6 Å². The van der Waals surface area contributed by atoms with Gasteiger partial charge in [-0.3, -0.25) is 0 Å². The van der Waals surface area contributed by atoms with Gasteiger partial charge in [0, 0.05) is 5.56 Å². The van der Waals surface area contributed by atoms with Gasteiger partial charge < -0.3 is 4.52 Å². The van der Waals surface area contributed by atoms with E-state index in [4.69, 9.17) is 4.52 Å². The number of halogens is 3. The van der Waals surface area contributed by atoms with Gasteiger partial charge in [-0.05, 0) is 49.2 Å². The van der Waals surface area contributed by atoms with Crippen molar-refractivity contribution in [3.63, 3.8) is 0 Å². The molecule has 10 heteroatoms. The normalized spacial score (nSPS) is 17.7. The Morgan fingerprint density at radius 3 is 2.53 bits per heavy atom. The third-order valence-electron chi connectivity index (χ3n) is 6.06. The van der Waals surface area contributed by atoms with Crippen LogP contribution < -0.4 is 4.90 Å². The van der Waals surface area contributed by atoms with E-state index in [1.807, 2.05) is 26.0 Å². The number of alkyl halides is 3. The molecule has 0 saturated heterocycles. The van der Waals surface area contributed by atoms with Gasteiger partial charge >= 0.3 is 18.1 Å². The van der Waals surface area contributed by atoms with Crippen LogP contribution in [-0.2, 0) is 17.5 Å². The first-order valence-corrected chi connectivity index (χ1v) is 11.1. The van der Waals surface area contributed by atoms with Crippen LogP contribution in [0.5, 0.6) is 0 Å².